The number of benzene rings is 3. The van der Waals surface area contributed by atoms with E-state index in [1.165, 1.54) is 6.07 Å². The standard InChI is InChI=1S/C18H13ClO3S/c19-23(20,21)18-13-7-6-12-17(18)22-16-11-5-4-10-15(16)14-8-2-1-3-9-14/h1-13H. The van der Waals surface area contributed by atoms with Gasteiger partial charge in [0.25, 0.3) is 9.05 Å². The highest BCUT2D eigenvalue weighted by Crippen LogP contribution is 2.36. The number of hydrogen-bond acceptors (Lipinski definition) is 3. The van der Waals surface area contributed by atoms with E-state index in [4.69, 9.17) is 15.4 Å². The van der Waals surface area contributed by atoms with E-state index in [0.29, 0.717) is 5.75 Å². The van der Waals surface area contributed by atoms with Crippen LogP contribution in [0.1, 0.15) is 0 Å². The van der Waals surface area contributed by atoms with Gasteiger partial charge in [0, 0.05) is 16.2 Å². The molecule has 0 saturated carbocycles. The molecule has 0 aliphatic carbocycles. The van der Waals surface area contributed by atoms with Crippen molar-refractivity contribution in [1.82, 2.24) is 0 Å². The monoisotopic (exact) mass is 344 g/mol. The van der Waals surface area contributed by atoms with Crippen LogP contribution in [-0.2, 0) is 9.05 Å². The fourth-order valence-corrected chi connectivity index (χ4v) is 3.24. The molecule has 0 amide bonds. The highest BCUT2D eigenvalue weighted by molar-refractivity contribution is 8.13. The van der Waals surface area contributed by atoms with Gasteiger partial charge in [-0.1, -0.05) is 60.7 Å². The van der Waals surface area contributed by atoms with E-state index >= 15 is 0 Å². The Morgan fingerprint density at radius 2 is 1.26 bits per heavy atom. The van der Waals surface area contributed by atoms with Crippen LogP contribution in [0.3, 0.4) is 0 Å². The molecule has 0 atom stereocenters. The molecular formula is C18H13ClO3S. The molecule has 0 bridgehead atoms. The van der Waals surface area contributed by atoms with Crippen LogP contribution in [0.4, 0.5) is 0 Å². The Kier molecular flexibility index (Phi) is 4.37. The third-order valence-electron chi connectivity index (χ3n) is 3.30. The third-order valence-corrected chi connectivity index (χ3v) is 4.66. The summed E-state index contributed by atoms with van der Waals surface area (Å²) in [7, 11) is 1.60. The van der Waals surface area contributed by atoms with Crippen molar-refractivity contribution >= 4 is 19.7 Å². The van der Waals surface area contributed by atoms with Crippen molar-refractivity contribution in [3.8, 4) is 22.6 Å². The summed E-state index contributed by atoms with van der Waals surface area (Å²) in [6.45, 7) is 0. The molecule has 0 spiro atoms. The molecule has 3 aromatic rings. The van der Waals surface area contributed by atoms with Gasteiger partial charge in [-0.2, -0.15) is 0 Å². The van der Waals surface area contributed by atoms with Crippen molar-refractivity contribution in [2.24, 2.45) is 0 Å². The fourth-order valence-electron chi connectivity index (χ4n) is 2.27. The normalized spacial score (nSPS) is 11.2. The lowest BCUT2D eigenvalue weighted by molar-refractivity contribution is 0.470. The number of ether oxygens (including phenoxy) is 1. The molecule has 3 nitrogen and oxygen atoms in total. The van der Waals surface area contributed by atoms with E-state index in [1.807, 2.05) is 48.5 Å². The first-order chi connectivity index (χ1) is 11.1. The van der Waals surface area contributed by atoms with Gasteiger partial charge in [-0.3, -0.25) is 0 Å². The molecule has 0 aromatic heterocycles. The average molecular weight is 345 g/mol. The van der Waals surface area contributed by atoms with Crippen molar-refractivity contribution in [2.75, 3.05) is 0 Å². The van der Waals surface area contributed by atoms with Gasteiger partial charge in [0.05, 0.1) is 0 Å². The number of rotatable bonds is 4. The van der Waals surface area contributed by atoms with Gasteiger partial charge in [0.1, 0.15) is 16.4 Å². The summed E-state index contributed by atoms with van der Waals surface area (Å²) in [6.07, 6.45) is 0. The van der Waals surface area contributed by atoms with Crippen molar-refractivity contribution < 1.29 is 13.2 Å². The Balaban J connectivity index is 2.07. The number of para-hydroxylation sites is 2. The highest BCUT2D eigenvalue weighted by Gasteiger charge is 2.17. The predicted molar refractivity (Wildman–Crippen MR) is 91.4 cm³/mol. The Labute approximate surface area is 139 Å². The molecule has 116 valence electrons. The molecule has 0 radical (unpaired) electrons. The summed E-state index contributed by atoms with van der Waals surface area (Å²) in [4.78, 5) is -0.0514. The van der Waals surface area contributed by atoms with Crippen LogP contribution in [0.2, 0.25) is 0 Å². The summed E-state index contributed by atoms with van der Waals surface area (Å²) in [5, 5.41) is 0. The van der Waals surface area contributed by atoms with Crippen LogP contribution < -0.4 is 4.74 Å². The minimum absolute atomic E-state index is 0.0514. The van der Waals surface area contributed by atoms with Crippen molar-refractivity contribution in [3.63, 3.8) is 0 Å². The van der Waals surface area contributed by atoms with Crippen LogP contribution >= 0.6 is 10.7 Å². The maximum atomic E-state index is 11.7. The lowest BCUT2D eigenvalue weighted by atomic mass is 10.1. The molecule has 0 saturated heterocycles. The van der Waals surface area contributed by atoms with Crippen LogP contribution in [0.25, 0.3) is 11.1 Å². The molecule has 0 aliphatic rings. The number of halogens is 1. The van der Waals surface area contributed by atoms with Crippen LogP contribution in [0, 0.1) is 0 Å². The maximum absolute atomic E-state index is 11.7. The summed E-state index contributed by atoms with van der Waals surface area (Å²) >= 11 is 0. The molecule has 0 aliphatic heterocycles. The molecule has 0 heterocycles. The van der Waals surface area contributed by atoms with Crippen molar-refractivity contribution in [3.05, 3.63) is 78.9 Å². The molecular weight excluding hydrogens is 332 g/mol. The lowest BCUT2D eigenvalue weighted by Gasteiger charge is -2.13. The summed E-state index contributed by atoms with van der Waals surface area (Å²) in [5.74, 6) is 0.761. The molecule has 0 N–H and O–H groups in total. The molecule has 3 aromatic carbocycles. The zero-order chi connectivity index (χ0) is 16.3. The first kappa shape index (κ1) is 15.6. The van der Waals surface area contributed by atoms with Gasteiger partial charge < -0.3 is 4.74 Å². The molecule has 5 heteroatoms. The molecule has 23 heavy (non-hydrogen) atoms. The molecule has 3 rings (SSSR count). The van der Waals surface area contributed by atoms with Crippen LogP contribution in [0.15, 0.2) is 83.8 Å². The van der Waals surface area contributed by atoms with E-state index in [-0.39, 0.29) is 10.6 Å². The van der Waals surface area contributed by atoms with E-state index < -0.39 is 9.05 Å². The second-order valence-corrected chi connectivity index (χ2v) is 7.38. The second kappa shape index (κ2) is 6.44. The Hall–Kier alpha value is -2.30. The van der Waals surface area contributed by atoms with E-state index in [0.717, 1.165) is 11.1 Å². The predicted octanol–water partition coefficient (Wildman–Crippen LogP) is 5.07. The molecule has 0 fully saturated rings. The Bertz CT molecular complexity index is 922. The van der Waals surface area contributed by atoms with E-state index in [9.17, 15) is 8.42 Å². The first-order valence-corrected chi connectivity index (χ1v) is 9.22. The fraction of sp³-hybridized carbons (Fsp3) is 0. The zero-order valence-corrected chi connectivity index (χ0v) is 13.6. The number of hydrogen-bond donors (Lipinski definition) is 0. The van der Waals surface area contributed by atoms with Crippen molar-refractivity contribution in [2.45, 2.75) is 4.90 Å². The average Bonchev–Trinajstić information content (AvgIpc) is 2.56. The highest BCUT2D eigenvalue weighted by atomic mass is 35.7. The van der Waals surface area contributed by atoms with Crippen molar-refractivity contribution in [1.29, 1.82) is 0 Å². The summed E-state index contributed by atoms with van der Waals surface area (Å²) < 4.78 is 29.2. The summed E-state index contributed by atoms with van der Waals surface area (Å²) in [5.41, 5.74) is 1.85. The minimum atomic E-state index is -3.88. The Morgan fingerprint density at radius 3 is 1.96 bits per heavy atom. The van der Waals surface area contributed by atoms with Gasteiger partial charge in [-0.05, 0) is 23.8 Å². The summed E-state index contributed by atoms with van der Waals surface area (Å²) in [6, 6.07) is 23.5. The van der Waals surface area contributed by atoms with Gasteiger partial charge in [-0.15, -0.1) is 0 Å². The third kappa shape index (κ3) is 3.55. The largest absolute Gasteiger partial charge is 0.455 e. The van der Waals surface area contributed by atoms with Crippen LogP contribution in [-0.4, -0.2) is 8.42 Å². The quantitative estimate of drug-likeness (QED) is 0.620. The minimum Gasteiger partial charge on any atom is -0.455 e. The van der Waals surface area contributed by atoms with Gasteiger partial charge >= 0.3 is 0 Å². The second-order valence-electron chi connectivity index (χ2n) is 4.85. The maximum Gasteiger partial charge on any atom is 0.265 e. The SMILES string of the molecule is O=S(=O)(Cl)c1ccccc1Oc1ccccc1-c1ccccc1. The lowest BCUT2D eigenvalue weighted by Crippen LogP contribution is -1.96. The van der Waals surface area contributed by atoms with E-state index in [2.05, 4.69) is 0 Å². The van der Waals surface area contributed by atoms with Gasteiger partial charge in [0.15, 0.2) is 0 Å². The van der Waals surface area contributed by atoms with E-state index in [1.54, 1.807) is 24.3 Å². The topological polar surface area (TPSA) is 43.4 Å². The van der Waals surface area contributed by atoms with Gasteiger partial charge in [-0.25, -0.2) is 8.42 Å². The first-order valence-electron chi connectivity index (χ1n) is 6.92. The van der Waals surface area contributed by atoms with Gasteiger partial charge in [0.2, 0.25) is 0 Å². The smallest absolute Gasteiger partial charge is 0.265 e. The van der Waals surface area contributed by atoms with Crippen LogP contribution in [0.5, 0.6) is 11.5 Å². The zero-order valence-electron chi connectivity index (χ0n) is 12.0. The Morgan fingerprint density at radius 1 is 0.696 bits per heavy atom. The molecule has 0 unspecified atom stereocenters.